The molecule has 8 nitrogen and oxygen atoms in total. The predicted octanol–water partition coefficient (Wildman–Crippen LogP) is 3.64. The van der Waals surface area contributed by atoms with Gasteiger partial charge in [-0.2, -0.15) is 5.10 Å². The quantitative estimate of drug-likeness (QED) is 0.282. The van der Waals surface area contributed by atoms with Crippen molar-refractivity contribution in [3.05, 3.63) is 75.3 Å². The number of nitro benzene ring substituents is 1. The molecule has 2 aromatic carbocycles. The number of carbonyl (C=O) groups is 1. The highest BCUT2D eigenvalue weighted by Gasteiger charge is 2.29. The average molecular weight is 397 g/mol. The molecule has 3 aromatic rings. The number of halogens is 1. The Morgan fingerprint density at radius 2 is 1.97 bits per heavy atom. The van der Waals surface area contributed by atoms with Crippen LogP contribution >= 0.6 is 0 Å². The third kappa shape index (κ3) is 3.42. The SMILES string of the molecule is COc1ccc(OC(=O)c2nn(-c3ccc(F)cc3)c3c2CCC3)c([N+](=O)[O-])c1. The van der Waals surface area contributed by atoms with Gasteiger partial charge < -0.3 is 9.47 Å². The number of hydrogen-bond donors (Lipinski definition) is 0. The van der Waals surface area contributed by atoms with Gasteiger partial charge in [-0.15, -0.1) is 0 Å². The van der Waals surface area contributed by atoms with Gasteiger partial charge in [0.05, 0.1) is 23.8 Å². The van der Waals surface area contributed by atoms with Crippen LogP contribution in [-0.2, 0) is 12.8 Å². The van der Waals surface area contributed by atoms with Gasteiger partial charge >= 0.3 is 11.7 Å². The van der Waals surface area contributed by atoms with Crippen molar-refractivity contribution in [2.75, 3.05) is 7.11 Å². The summed E-state index contributed by atoms with van der Waals surface area (Å²) < 4.78 is 25.1. The number of carbonyl (C=O) groups excluding carboxylic acids is 1. The number of rotatable bonds is 5. The zero-order valence-corrected chi connectivity index (χ0v) is 15.4. The summed E-state index contributed by atoms with van der Waals surface area (Å²) in [4.78, 5) is 23.5. The minimum Gasteiger partial charge on any atom is -0.496 e. The molecule has 0 amide bonds. The zero-order valence-electron chi connectivity index (χ0n) is 15.4. The summed E-state index contributed by atoms with van der Waals surface area (Å²) in [6.07, 6.45) is 2.21. The van der Waals surface area contributed by atoms with Crippen LogP contribution < -0.4 is 9.47 Å². The van der Waals surface area contributed by atoms with Gasteiger partial charge in [0.1, 0.15) is 11.6 Å². The summed E-state index contributed by atoms with van der Waals surface area (Å²) >= 11 is 0. The minimum atomic E-state index is -0.780. The smallest absolute Gasteiger partial charge is 0.364 e. The van der Waals surface area contributed by atoms with E-state index in [1.165, 1.54) is 37.4 Å². The lowest BCUT2D eigenvalue weighted by Crippen LogP contribution is -2.13. The maximum Gasteiger partial charge on any atom is 0.364 e. The van der Waals surface area contributed by atoms with Crippen molar-refractivity contribution in [2.24, 2.45) is 0 Å². The van der Waals surface area contributed by atoms with Gasteiger partial charge in [-0.05, 0) is 55.7 Å². The number of ether oxygens (including phenoxy) is 2. The Balaban J connectivity index is 1.69. The van der Waals surface area contributed by atoms with E-state index in [1.54, 1.807) is 16.8 Å². The maximum atomic E-state index is 13.2. The third-order valence-electron chi connectivity index (χ3n) is 4.76. The first-order valence-corrected chi connectivity index (χ1v) is 8.89. The molecule has 29 heavy (non-hydrogen) atoms. The number of methoxy groups -OCH3 is 1. The van der Waals surface area contributed by atoms with Crippen molar-refractivity contribution < 1.29 is 23.6 Å². The summed E-state index contributed by atoms with van der Waals surface area (Å²) in [5.74, 6) is -1.07. The van der Waals surface area contributed by atoms with E-state index in [-0.39, 0.29) is 28.7 Å². The Morgan fingerprint density at radius 1 is 1.21 bits per heavy atom. The Labute approximate surface area is 164 Å². The molecule has 148 valence electrons. The molecule has 0 spiro atoms. The van der Waals surface area contributed by atoms with E-state index in [4.69, 9.17) is 9.47 Å². The molecule has 0 saturated carbocycles. The lowest BCUT2D eigenvalue weighted by atomic mass is 10.2. The molecule has 1 aliphatic carbocycles. The van der Waals surface area contributed by atoms with Crippen LogP contribution in [0.15, 0.2) is 42.5 Å². The van der Waals surface area contributed by atoms with Crippen LogP contribution in [0.1, 0.15) is 28.2 Å². The van der Waals surface area contributed by atoms with E-state index in [9.17, 15) is 19.3 Å². The van der Waals surface area contributed by atoms with Crippen LogP contribution in [0.3, 0.4) is 0 Å². The van der Waals surface area contributed by atoms with Crippen molar-refractivity contribution in [1.29, 1.82) is 0 Å². The number of nitro groups is 1. The molecule has 9 heteroatoms. The highest BCUT2D eigenvalue weighted by atomic mass is 19.1. The van der Waals surface area contributed by atoms with Gasteiger partial charge in [0, 0.05) is 11.3 Å². The van der Waals surface area contributed by atoms with Gasteiger partial charge in [-0.1, -0.05) is 0 Å². The Bertz CT molecular complexity index is 1110. The summed E-state index contributed by atoms with van der Waals surface area (Å²) in [6.45, 7) is 0. The second-order valence-corrected chi connectivity index (χ2v) is 6.50. The second kappa shape index (κ2) is 7.34. The average Bonchev–Trinajstić information content (AvgIpc) is 3.31. The number of hydrogen-bond acceptors (Lipinski definition) is 6. The minimum absolute atomic E-state index is 0.104. The van der Waals surface area contributed by atoms with Crippen molar-refractivity contribution in [3.8, 4) is 17.2 Å². The molecule has 0 unspecified atom stereocenters. The molecule has 0 saturated heterocycles. The summed E-state index contributed by atoms with van der Waals surface area (Å²) in [7, 11) is 1.39. The second-order valence-electron chi connectivity index (χ2n) is 6.50. The molecule has 1 aromatic heterocycles. The van der Waals surface area contributed by atoms with E-state index < -0.39 is 10.9 Å². The summed E-state index contributed by atoms with van der Waals surface area (Å²) in [6, 6.07) is 9.75. The molecule has 0 atom stereocenters. The number of esters is 1. The topological polar surface area (TPSA) is 96.5 Å². The first-order valence-electron chi connectivity index (χ1n) is 8.89. The number of fused-ring (bicyclic) bond motifs is 1. The Hall–Kier alpha value is -3.75. The van der Waals surface area contributed by atoms with Gasteiger partial charge in [-0.3, -0.25) is 10.1 Å². The Morgan fingerprint density at radius 3 is 2.66 bits per heavy atom. The predicted molar refractivity (Wildman–Crippen MR) is 100 cm³/mol. The lowest BCUT2D eigenvalue weighted by molar-refractivity contribution is -0.385. The molecule has 0 fully saturated rings. The number of nitrogens with zero attached hydrogens (tertiary/aromatic N) is 3. The summed E-state index contributed by atoms with van der Waals surface area (Å²) in [5.41, 5.74) is 1.95. The van der Waals surface area contributed by atoms with Crippen LogP contribution in [0.5, 0.6) is 11.5 Å². The maximum absolute atomic E-state index is 13.2. The number of aromatic nitrogens is 2. The van der Waals surface area contributed by atoms with Crippen molar-refractivity contribution >= 4 is 11.7 Å². The van der Waals surface area contributed by atoms with Gasteiger partial charge in [0.25, 0.3) is 0 Å². The highest BCUT2D eigenvalue weighted by Crippen LogP contribution is 2.33. The molecule has 0 bridgehead atoms. The Kier molecular flexibility index (Phi) is 4.71. The van der Waals surface area contributed by atoms with Crippen molar-refractivity contribution in [2.45, 2.75) is 19.3 Å². The van der Waals surface area contributed by atoms with Gasteiger partial charge in [-0.25, -0.2) is 13.9 Å². The van der Waals surface area contributed by atoms with Gasteiger partial charge in [0.2, 0.25) is 5.75 Å². The third-order valence-corrected chi connectivity index (χ3v) is 4.76. The van der Waals surface area contributed by atoms with Crippen LogP contribution in [-0.4, -0.2) is 27.8 Å². The van der Waals surface area contributed by atoms with Crippen LogP contribution in [0, 0.1) is 15.9 Å². The van der Waals surface area contributed by atoms with E-state index in [0.717, 1.165) is 24.1 Å². The molecule has 0 aliphatic heterocycles. The molecule has 0 N–H and O–H groups in total. The van der Waals surface area contributed by atoms with Crippen LogP contribution in [0.2, 0.25) is 0 Å². The van der Waals surface area contributed by atoms with Crippen LogP contribution in [0.4, 0.5) is 10.1 Å². The largest absolute Gasteiger partial charge is 0.496 e. The molecular formula is C20H16FN3O5. The fraction of sp³-hybridized carbons (Fsp3) is 0.200. The normalized spacial score (nSPS) is 12.5. The fourth-order valence-electron chi connectivity index (χ4n) is 3.40. The zero-order chi connectivity index (χ0) is 20.5. The highest BCUT2D eigenvalue weighted by molar-refractivity contribution is 5.91. The molecule has 0 radical (unpaired) electrons. The molecule has 1 heterocycles. The first-order chi connectivity index (χ1) is 14.0. The van der Waals surface area contributed by atoms with Crippen molar-refractivity contribution in [3.63, 3.8) is 0 Å². The molecular weight excluding hydrogens is 381 g/mol. The summed E-state index contributed by atoms with van der Waals surface area (Å²) in [5, 5.41) is 15.7. The lowest BCUT2D eigenvalue weighted by Gasteiger charge is -2.06. The molecule has 1 aliphatic rings. The molecule has 4 rings (SSSR count). The van der Waals surface area contributed by atoms with Gasteiger partial charge in [0.15, 0.2) is 5.69 Å². The number of benzene rings is 2. The standard InChI is InChI=1S/C20H16FN3O5/c1-28-14-9-10-18(17(11-14)24(26)27)29-20(25)19-15-3-2-4-16(15)23(22-19)13-7-5-12(21)6-8-13/h5-11H,2-4H2,1H3. The van der Waals surface area contributed by atoms with E-state index in [2.05, 4.69) is 5.10 Å². The first kappa shape index (κ1) is 18.6. The van der Waals surface area contributed by atoms with E-state index in [0.29, 0.717) is 12.1 Å². The fourth-order valence-corrected chi connectivity index (χ4v) is 3.40. The van der Waals surface area contributed by atoms with Crippen LogP contribution in [0.25, 0.3) is 5.69 Å². The van der Waals surface area contributed by atoms with E-state index in [1.807, 2.05) is 0 Å². The van der Waals surface area contributed by atoms with E-state index >= 15 is 0 Å². The van der Waals surface area contributed by atoms with Crippen molar-refractivity contribution in [1.82, 2.24) is 9.78 Å². The monoisotopic (exact) mass is 397 g/mol.